The number of morpholine rings is 1. The lowest BCUT2D eigenvalue weighted by molar-refractivity contribution is -0.0530. The predicted molar refractivity (Wildman–Crippen MR) is 77.2 cm³/mol. The average Bonchev–Trinajstić information content (AvgIpc) is 2.91. The van der Waals surface area contributed by atoms with Crippen LogP contribution in [0.2, 0.25) is 0 Å². The Morgan fingerprint density at radius 1 is 1.38 bits per heavy atom. The van der Waals surface area contributed by atoms with Gasteiger partial charge in [-0.1, -0.05) is 6.07 Å². The minimum absolute atomic E-state index is 0.232. The van der Waals surface area contributed by atoms with E-state index in [-0.39, 0.29) is 11.9 Å². The molecule has 2 heterocycles. The number of oxazole rings is 1. The van der Waals surface area contributed by atoms with E-state index in [4.69, 9.17) is 9.15 Å². The van der Waals surface area contributed by atoms with Gasteiger partial charge in [-0.2, -0.15) is 0 Å². The fraction of sp³-hybridized carbons (Fsp3) is 0.438. The second-order valence-electron chi connectivity index (χ2n) is 5.58. The topological polar surface area (TPSA) is 38.5 Å². The molecule has 3 rings (SSSR count). The highest BCUT2D eigenvalue weighted by Crippen LogP contribution is 2.21. The normalized spacial score (nSPS) is 23.4. The summed E-state index contributed by atoms with van der Waals surface area (Å²) < 4.78 is 24.3. The van der Waals surface area contributed by atoms with E-state index in [9.17, 15) is 4.39 Å². The molecule has 0 bridgehead atoms. The molecule has 1 aliphatic heterocycles. The van der Waals surface area contributed by atoms with Crippen LogP contribution in [0.5, 0.6) is 0 Å². The van der Waals surface area contributed by atoms with Gasteiger partial charge in [0.05, 0.1) is 18.4 Å². The zero-order chi connectivity index (χ0) is 14.8. The van der Waals surface area contributed by atoms with Gasteiger partial charge in [-0.05, 0) is 32.0 Å². The van der Waals surface area contributed by atoms with E-state index >= 15 is 0 Å². The monoisotopic (exact) mass is 290 g/mol. The Bertz CT molecular complexity index is 614. The summed E-state index contributed by atoms with van der Waals surface area (Å²) >= 11 is 0. The molecule has 2 atom stereocenters. The third kappa shape index (κ3) is 3.31. The van der Waals surface area contributed by atoms with Gasteiger partial charge in [0.25, 0.3) is 0 Å². The highest BCUT2D eigenvalue weighted by molar-refractivity contribution is 5.52. The first kappa shape index (κ1) is 14.2. The second-order valence-corrected chi connectivity index (χ2v) is 5.58. The van der Waals surface area contributed by atoms with Crippen LogP contribution in [0.3, 0.4) is 0 Å². The molecule has 0 aliphatic carbocycles. The van der Waals surface area contributed by atoms with Crippen LogP contribution < -0.4 is 0 Å². The van der Waals surface area contributed by atoms with Crippen molar-refractivity contribution in [3.8, 4) is 11.5 Å². The van der Waals surface area contributed by atoms with Gasteiger partial charge >= 0.3 is 0 Å². The Hall–Kier alpha value is -1.72. The fourth-order valence-electron chi connectivity index (χ4n) is 2.53. The van der Waals surface area contributed by atoms with E-state index in [0.29, 0.717) is 24.0 Å². The first-order valence-electron chi connectivity index (χ1n) is 7.18. The first-order valence-corrected chi connectivity index (χ1v) is 7.18. The van der Waals surface area contributed by atoms with Gasteiger partial charge in [-0.3, -0.25) is 4.90 Å². The van der Waals surface area contributed by atoms with E-state index in [1.54, 1.807) is 18.4 Å². The lowest BCUT2D eigenvalue weighted by Gasteiger charge is -2.36. The molecule has 1 aromatic heterocycles. The minimum atomic E-state index is -0.289. The zero-order valence-corrected chi connectivity index (χ0v) is 12.3. The van der Waals surface area contributed by atoms with Crippen molar-refractivity contribution in [1.82, 2.24) is 9.88 Å². The summed E-state index contributed by atoms with van der Waals surface area (Å²) in [4.78, 5) is 6.78. The Balaban J connectivity index is 1.73. The Labute approximate surface area is 123 Å². The standard InChI is InChI=1S/C16H19FN2O2/c1-11-9-20-12(2)7-19(11)8-15-10-21-16(18-15)13-4-3-5-14(17)6-13/h3-6,10-12H,7-9H2,1-2H3/t11-,12-/m0/s1. The third-order valence-corrected chi connectivity index (χ3v) is 3.73. The minimum Gasteiger partial charge on any atom is -0.444 e. The maximum absolute atomic E-state index is 13.2. The number of rotatable bonds is 3. The molecule has 1 aliphatic rings. The average molecular weight is 290 g/mol. The van der Waals surface area contributed by atoms with Crippen LogP contribution in [0.15, 0.2) is 34.9 Å². The van der Waals surface area contributed by atoms with Crippen LogP contribution >= 0.6 is 0 Å². The quantitative estimate of drug-likeness (QED) is 0.870. The number of nitrogens with zero attached hydrogens (tertiary/aromatic N) is 2. The van der Waals surface area contributed by atoms with E-state index in [0.717, 1.165) is 18.8 Å². The Morgan fingerprint density at radius 3 is 3.05 bits per heavy atom. The molecule has 21 heavy (non-hydrogen) atoms. The molecular formula is C16H19FN2O2. The lowest BCUT2D eigenvalue weighted by Crippen LogP contribution is -2.46. The molecule has 0 N–H and O–H groups in total. The van der Waals surface area contributed by atoms with Crippen molar-refractivity contribution in [3.63, 3.8) is 0 Å². The summed E-state index contributed by atoms with van der Waals surface area (Å²) in [5.41, 5.74) is 1.51. The van der Waals surface area contributed by atoms with E-state index in [1.165, 1.54) is 12.1 Å². The van der Waals surface area contributed by atoms with Crippen molar-refractivity contribution in [2.24, 2.45) is 0 Å². The number of benzene rings is 1. The van der Waals surface area contributed by atoms with Crippen LogP contribution in [0, 0.1) is 5.82 Å². The molecule has 1 fully saturated rings. The van der Waals surface area contributed by atoms with Crippen molar-refractivity contribution in [1.29, 1.82) is 0 Å². The van der Waals surface area contributed by atoms with Gasteiger partial charge in [0.2, 0.25) is 5.89 Å². The number of ether oxygens (including phenoxy) is 1. The van der Waals surface area contributed by atoms with Crippen molar-refractivity contribution in [2.45, 2.75) is 32.5 Å². The smallest absolute Gasteiger partial charge is 0.226 e. The van der Waals surface area contributed by atoms with Gasteiger partial charge in [0, 0.05) is 24.7 Å². The molecule has 4 nitrogen and oxygen atoms in total. The van der Waals surface area contributed by atoms with Crippen LogP contribution in [0.1, 0.15) is 19.5 Å². The van der Waals surface area contributed by atoms with Gasteiger partial charge in [0.15, 0.2) is 0 Å². The summed E-state index contributed by atoms with van der Waals surface area (Å²) in [6.45, 7) is 6.53. The highest BCUT2D eigenvalue weighted by Gasteiger charge is 2.24. The molecule has 0 radical (unpaired) electrons. The Kier molecular flexibility index (Phi) is 4.03. The van der Waals surface area contributed by atoms with E-state index in [1.807, 2.05) is 0 Å². The Morgan fingerprint density at radius 2 is 2.24 bits per heavy atom. The third-order valence-electron chi connectivity index (χ3n) is 3.73. The van der Waals surface area contributed by atoms with Crippen molar-refractivity contribution < 1.29 is 13.5 Å². The molecule has 0 amide bonds. The fourth-order valence-corrected chi connectivity index (χ4v) is 2.53. The number of hydrogen-bond donors (Lipinski definition) is 0. The van der Waals surface area contributed by atoms with Crippen molar-refractivity contribution in [2.75, 3.05) is 13.2 Å². The summed E-state index contributed by atoms with van der Waals surface area (Å²) in [6, 6.07) is 6.63. The number of aromatic nitrogens is 1. The first-order chi connectivity index (χ1) is 10.1. The maximum atomic E-state index is 13.2. The summed E-state index contributed by atoms with van der Waals surface area (Å²) in [7, 11) is 0. The molecule has 2 aromatic rings. The zero-order valence-electron chi connectivity index (χ0n) is 12.3. The molecule has 0 saturated carbocycles. The predicted octanol–water partition coefficient (Wildman–Crippen LogP) is 3.09. The van der Waals surface area contributed by atoms with Crippen LogP contribution in [0.4, 0.5) is 4.39 Å². The molecule has 0 spiro atoms. The maximum Gasteiger partial charge on any atom is 0.226 e. The summed E-state index contributed by atoms with van der Waals surface area (Å²) in [6.07, 6.45) is 1.88. The highest BCUT2D eigenvalue weighted by atomic mass is 19.1. The number of halogens is 1. The molecular weight excluding hydrogens is 271 g/mol. The van der Waals surface area contributed by atoms with Crippen molar-refractivity contribution >= 4 is 0 Å². The molecule has 1 saturated heterocycles. The van der Waals surface area contributed by atoms with E-state index in [2.05, 4.69) is 23.7 Å². The van der Waals surface area contributed by atoms with Gasteiger partial charge in [0.1, 0.15) is 12.1 Å². The van der Waals surface area contributed by atoms with E-state index < -0.39 is 0 Å². The van der Waals surface area contributed by atoms with Crippen LogP contribution in [0.25, 0.3) is 11.5 Å². The molecule has 0 unspecified atom stereocenters. The lowest BCUT2D eigenvalue weighted by atomic mass is 10.2. The van der Waals surface area contributed by atoms with Crippen molar-refractivity contribution in [3.05, 3.63) is 42.0 Å². The SMILES string of the molecule is C[C@H]1CN(Cc2coc(-c3cccc(F)c3)n2)[C@@H](C)CO1. The summed E-state index contributed by atoms with van der Waals surface area (Å²) in [5.74, 6) is 0.168. The van der Waals surface area contributed by atoms with Crippen LogP contribution in [-0.4, -0.2) is 35.2 Å². The molecule has 1 aromatic carbocycles. The molecule has 5 heteroatoms. The number of hydrogen-bond acceptors (Lipinski definition) is 4. The molecule has 112 valence electrons. The van der Waals surface area contributed by atoms with Gasteiger partial charge < -0.3 is 9.15 Å². The second kappa shape index (κ2) is 5.95. The van der Waals surface area contributed by atoms with Crippen LogP contribution in [-0.2, 0) is 11.3 Å². The van der Waals surface area contributed by atoms with Gasteiger partial charge in [-0.15, -0.1) is 0 Å². The summed E-state index contributed by atoms with van der Waals surface area (Å²) in [5, 5.41) is 0. The van der Waals surface area contributed by atoms with Gasteiger partial charge in [-0.25, -0.2) is 9.37 Å². The largest absolute Gasteiger partial charge is 0.444 e.